The summed E-state index contributed by atoms with van der Waals surface area (Å²) in [7, 11) is 0. The molecule has 1 heterocycles. The number of fused-ring (bicyclic) bond motifs is 1. The minimum atomic E-state index is -0.270. The summed E-state index contributed by atoms with van der Waals surface area (Å²) < 4.78 is 1.10. The second kappa shape index (κ2) is 6.23. The summed E-state index contributed by atoms with van der Waals surface area (Å²) in [6, 6.07) is 7.60. The predicted octanol–water partition coefficient (Wildman–Crippen LogP) is 4.20. The van der Waals surface area contributed by atoms with Crippen LogP contribution in [0.4, 0.5) is 5.69 Å². The maximum atomic E-state index is 11.5. The van der Waals surface area contributed by atoms with E-state index in [4.69, 9.17) is 10.2 Å². The summed E-state index contributed by atoms with van der Waals surface area (Å²) in [5.41, 5.74) is 1.74. The smallest absolute Gasteiger partial charge is 0.238 e. The minimum Gasteiger partial charge on any atom is -0.325 e. The number of thiazole rings is 1. The summed E-state index contributed by atoms with van der Waals surface area (Å²) in [6.45, 7) is 0. The zero-order valence-corrected chi connectivity index (χ0v) is 12.6. The van der Waals surface area contributed by atoms with Gasteiger partial charge in [-0.15, -0.1) is 11.3 Å². The van der Waals surface area contributed by atoms with Crippen molar-refractivity contribution in [3.05, 3.63) is 23.2 Å². The first-order chi connectivity index (χ1) is 10.3. The lowest BCUT2D eigenvalue weighted by Crippen LogP contribution is -2.09. The third-order valence-corrected chi connectivity index (χ3v) is 5.06. The van der Waals surface area contributed by atoms with Crippen LogP contribution in [0.2, 0.25) is 0 Å². The number of rotatable bonds is 3. The molecule has 21 heavy (non-hydrogen) atoms. The third kappa shape index (κ3) is 3.22. The molecular formula is C16H17N3OS. The Labute approximate surface area is 127 Å². The lowest BCUT2D eigenvalue weighted by Gasteiger charge is -2.18. The Morgan fingerprint density at radius 1 is 1.38 bits per heavy atom. The van der Waals surface area contributed by atoms with Crippen LogP contribution in [0, 0.1) is 11.3 Å². The standard InChI is InChI=1S/C16H17N3OS/c17-9-8-15(20)18-12-6-7-13-14(10-12)21-16(19-13)11-4-2-1-3-5-11/h6-7,10-11H,1-5,8H2,(H,18,20). The molecule has 1 saturated carbocycles. The van der Waals surface area contributed by atoms with E-state index in [2.05, 4.69) is 5.32 Å². The maximum absolute atomic E-state index is 11.5. The monoisotopic (exact) mass is 299 g/mol. The fourth-order valence-corrected chi connectivity index (χ4v) is 4.00. The Bertz CT molecular complexity index is 695. The van der Waals surface area contributed by atoms with Gasteiger partial charge in [-0.05, 0) is 31.0 Å². The Morgan fingerprint density at radius 2 is 2.19 bits per heavy atom. The van der Waals surface area contributed by atoms with Crippen LogP contribution >= 0.6 is 11.3 Å². The van der Waals surface area contributed by atoms with Crippen molar-refractivity contribution in [3.8, 4) is 6.07 Å². The maximum Gasteiger partial charge on any atom is 0.238 e. The number of aromatic nitrogens is 1. The quantitative estimate of drug-likeness (QED) is 0.923. The summed E-state index contributed by atoms with van der Waals surface area (Å²) in [6.07, 6.45) is 6.31. The van der Waals surface area contributed by atoms with Crippen molar-refractivity contribution in [1.82, 2.24) is 4.98 Å². The van der Waals surface area contributed by atoms with E-state index in [9.17, 15) is 4.79 Å². The summed E-state index contributed by atoms with van der Waals surface area (Å²) >= 11 is 1.73. The van der Waals surface area contributed by atoms with Gasteiger partial charge >= 0.3 is 0 Å². The molecule has 1 aliphatic rings. The van der Waals surface area contributed by atoms with Crippen LogP contribution < -0.4 is 5.32 Å². The first-order valence-corrected chi connectivity index (χ1v) is 8.15. The second-order valence-corrected chi connectivity index (χ2v) is 6.51. The summed E-state index contributed by atoms with van der Waals surface area (Å²) in [4.78, 5) is 16.2. The molecule has 0 atom stereocenters. The molecule has 0 spiro atoms. The average molecular weight is 299 g/mol. The van der Waals surface area contributed by atoms with E-state index >= 15 is 0 Å². The van der Waals surface area contributed by atoms with Crippen LogP contribution in [-0.2, 0) is 4.79 Å². The van der Waals surface area contributed by atoms with Crippen LogP contribution in [0.3, 0.4) is 0 Å². The van der Waals surface area contributed by atoms with E-state index in [0.29, 0.717) is 5.92 Å². The molecule has 1 aliphatic carbocycles. The number of amides is 1. The van der Waals surface area contributed by atoms with Gasteiger partial charge < -0.3 is 5.32 Å². The lowest BCUT2D eigenvalue weighted by molar-refractivity contribution is -0.115. The van der Waals surface area contributed by atoms with Gasteiger partial charge in [0.2, 0.25) is 5.91 Å². The van der Waals surface area contributed by atoms with Crippen LogP contribution in [0.15, 0.2) is 18.2 Å². The molecule has 2 aromatic rings. The van der Waals surface area contributed by atoms with Gasteiger partial charge in [0.1, 0.15) is 6.42 Å². The molecule has 0 unspecified atom stereocenters. The molecule has 0 radical (unpaired) electrons. The predicted molar refractivity (Wildman–Crippen MR) is 84.3 cm³/mol. The zero-order chi connectivity index (χ0) is 14.7. The highest BCUT2D eigenvalue weighted by atomic mass is 32.1. The van der Waals surface area contributed by atoms with Crippen molar-refractivity contribution in [2.45, 2.75) is 44.4 Å². The number of hydrogen-bond acceptors (Lipinski definition) is 4. The topological polar surface area (TPSA) is 65.8 Å². The average Bonchev–Trinajstić information content (AvgIpc) is 2.91. The molecular weight excluding hydrogens is 282 g/mol. The molecule has 1 aromatic carbocycles. The second-order valence-electron chi connectivity index (χ2n) is 5.45. The van der Waals surface area contributed by atoms with Crippen molar-refractivity contribution in [1.29, 1.82) is 5.26 Å². The van der Waals surface area contributed by atoms with Gasteiger partial charge in [0, 0.05) is 11.6 Å². The molecule has 1 aromatic heterocycles. The zero-order valence-electron chi connectivity index (χ0n) is 11.8. The van der Waals surface area contributed by atoms with Crippen molar-refractivity contribution in [2.24, 2.45) is 0 Å². The molecule has 3 rings (SSSR count). The van der Waals surface area contributed by atoms with Crippen LogP contribution in [0.1, 0.15) is 49.5 Å². The van der Waals surface area contributed by atoms with Crippen molar-refractivity contribution < 1.29 is 4.79 Å². The highest BCUT2D eigenvalue weighted by molar-refractivity contribution is 7.18. The van der Waals surface area contributed by atoms with E-state index in [0.717, 1.165) is 15.9 Å². The number of nitrogens with zero attached hydrogens (tertiary/aromatic N) is 2. The fraction of sp³-hybridized carbons (Fsp3) is 0.438. The van der Waals surface area contributed by atoms with E-state index < -0.39 is 0 Å². The first-order valence-electron chi connectivity index (χ1n) is 7.33. The van der Waals surface area contributed by atoms with Gasteiger partial charge in [-0.25, -0.2) is 4.98 Å². The van der Waals surface area contributed by atoms with Crippen LogP contribution in [-0.4, -0.2) is 10.9 Å². The number of carbonyl (C=O) groups excluding carboxylic acids is 1. The number of nitriles is 1. The number of carbonyl (C=O) groups is 1. The van der Waals surface area contributed by atoms with Gasteiger partial charge in [-0.1, -0.05) is 19.3 Å². The molecule has 4 nitrogen and oxygen atoms in total. The van der Waals surface area contributed by atoms with Crippen molar-refractivity contribution in [2.75, 3.05) is 5.32 Å². The Kier molecular flexibility index (Phi) is 4.16. The molecule has 0 bridgehead atoms. The molecule has 1 fully saturated rings. The highest BCUT2D eigenvalue weighted by Gasteiger charge is 2.19. The van der Waals surface area contributed by atoms with Crippen molar-refractivity contribution in [3.63, 3.8) is 0 Å². The molecule has 1 amide bonds. The van der Waals surface area contributed by atoms with Gasteiger partial charge in [0.05, 0.1) is 21.3 Å². The molecule has 1 N–H and O–H groups in total. The van der Waals surface area contributed by atoms with Crippen molar-refractivity contribution >= 4 is 33.1 Å². The fourth-order valence-electron chi connectivity index (χ4n) is 2.82. The van der Waals surface area contributed by atoms with Gasteiger partial charge in [0.25, 0.3) is 0 Å². The van der Waals surface area contributed by atoms with E-state index in [1.807, 2.05) is 24.3 Å². The summed E-state index contributed by atoms with van der Waals surface area (Å²) in [5.74, 6) is 0.335. The number of anilines is 1. The molecule has 5 heteroatoms. The van der Waals surface area contributed by atoms with Crippen LogP contribution in [0.25, 0.3) is 10.2 Å². The summed E-state index contributed by atoms with van der Waals surface area (Å²) in [5, 5.41) is 12.5. The largest absolute Gasteiger partial charge is 0.325 e. The number of benzene rings is 1. The lowest BCUT2D eigenvalue weighted by atomic mass is 9.90. The van der Waals surface area contributed by atoms with E-state index in [1.165, 1.54) is 37.1 Å². The Hall–Kier alpha value is -1.93. The number of nitrogens with one attached hydrogen (secondary N) is 1. The van der Waals surface area contributed by atoms with E-state index in [-0.39, 0.29) is 12.3 Å². The minimum absolute atomic E-state index is 0.117. The SMILES string of the molecule is N#CCC(=O)Nc1ccc2nc(C3CCCCC3)sc2c1. The first kappa shape index (κ1) is 14.0. The van der Waals surface area contributed by atoms with Gasteiger partial charge in [0.15, 0.2) is 0 Å². The Morgan fingerprint density at radius 3 is 2.95 bits per heavy atom. The normalized spacial score (nSPS) is 15.8. The molecule has 0 saturated heterocycles. The molecule has 108 valence electrons. The number of hydrogen-bond donors (Lipinski definition) is 1. The van der Waals surface area contributed by atoms with Gasteiger partial charge in [-0.3, -0.25) is 4.79 Å². The molecule has 0 aliphatic heterocycles. The van der Waals surface area contributed by atoms with E-state index in [1.54, 1.807) is 11.3 Å². The third-order valence-electron chi connectivity index (χ3n) is 3.88. The van der Waals surface area contributed by atoms with Crippen LogP contribution in [0.5, 0.6) is 0 Å². The Balaban J connectivity index is 1.81. The highest BCUT2D eigenvalue weighted by Crippen LogP contribution is 2.37. The van der Waals surface area contributed by atoms with Gasteiger partial charge in [-0.2, -0.15) is 5.26 Å².